The third-order valence-corrected chi connectivity index (χ3v) is 7.68. The molecule has 5 heterocycles. The number of ether oxygens (including phenoxy) is 3. The van der Waals surface area contributed by atoms with Gasteiger partial charge in [0.1, 0.15) is 5.82 Å². The van der Waals surface area contributed by atoms with E-state index in [0.29, 0.717) is 12.2 Å². The van der Waals surface area contributed by atoms with Gasteiger partial charge >= 0.3 is 5.97 Å². The van der Waals surface area contributed by atoms with Gasteiger partial charge in [0.15, 0.2) is 11.8 Å². The second kappa shape index (κ2) is 11.8. The SMILES string of the molecule is CCOC(=O)[C@@H](OC(C)(C)C)c1c(C)nc2cc3nn2c1N1CCC(C)(CC1)OC/C=C/c1ccccc1CC=C3. The molecule has 1 fully saturated rings. The molecule has 8 nitrogen and oxygen atoms in total. The van der Waals surface area contributed by atoms with Crippen LogP contribution in [-0.2, 0) is 25.4 Å². The number of aromatic nitrogens is 3. The van der Waals surface area contributed by atoms with Crippen molar-refractivity contribution in [1.82, 2.24) is 14.6 Å². The summed E-state index contributed by atoms with van der Waals surface area (Å²) >= 11 is 0. The number of fused-ring (bicyclic) bond motifs is 5. The van der Waals surface area contributed by atoms with Crippen LogP contribution in [0.4, 0.5) is 5.82 Å². The third-order valence-electron chi connectivity index (χ3n) is 7.68. The zero-order valence-corrected chi connectivity index (χ0v) is 25.1. The number of benzene rings is 1. The molecular weight excluding hydrogens is 516 g/mol. The topological polar surface area (TPSA) is 78.2 Å². The third kappa shape index (κ3) is 6.54. The molecular formula is C33H42N4O4. The lowest BCUT2D eigenvalue weighted by Crippen LogP contribution is -2.45. The van der Waals surface area contributed by atoms with E-state index in [1.165, 1.54) is 11.1 Å². The summed E-state index contributed by atoms with van der Waals surface area (Å²) in [6, 6.07) is 10.4. The molecule has 0 N–H and O–H groups in total. The first-order valence-electron chi connectivity index (χ1n) is 14.6. The van der Waals surface area contributed by atoms with Crippen LogP contribution in [0.15, 0.2) is 42.5 Å². The lowest BCUT2D eigenvalue weighted by molar-refractivity contribution is -0.166. The average molecular weight is 559 g/mol. The average Bonchev–Trinajstić information content (AvgIpc) is 3.32. The summed E-state index contributed by atoms with van der Waals surface area (Å²) in [5.74, 6) is 0.403. The smallest absolute Gasteiger partial charge is 0.340 e. The van der Waals surface area contributed by atoms with Crippen LogP contribution in [0, 0.1) is 6.92 Å². The summed E-state index contributed by atoms with van der Waals surface area (Å²) in [5, 5.41) is 4.99. The molecule has 3 aliphatic rings. The Kier molecular flexibility index (Phi) is 8.34. The largest absolute Gasteiger partial charge is 0.464 e. The molecule has 1 saturated heterocycles. The fourth-order valence-corrected chi connectivity index (χ4v) is 5.57. The number of esters is 1. The minimum Gasteiger partial charge on any atom is -0.464 e. The van der Waals surface area contributed by atoms with Gasteiger partial charge in [0, 0.05) is 24.8 Å². The summed E-state index contributed by atoms with van der Waals surface area (Å²) < 4.78 is 20.2. The Morgan fingerprint density at radius 2 is 1.90 bits per heavy atom. The van der Waals surface area contributed by atoms with Gasteiger partial charge in [-0.25, -0.2) is 9.78 Å². The van der Waals surface area contributed by atoms with Crippen LogP contribution in [0.1, 0.15) is 81.6 Å². The van der Waals surface area contributed by atoms with Gasteiger partial charge in [0.25, 0.3) is 0 Å². The highest BCUT2D eigenvalue weighted by Crippen LogP contribution is 2.38. The lowest BCUT2D eigenvalue weighted by Gasteiger charge is -2.41. The molecule has 3 aliphatic heterocycles. The second-order valence-electron chi connectivity index (χ2n) is 12.1. The van der Waals surface area contributed by atoms with Gasteiger partial charge in [-0.15, -0.1) is 0 Å². The van der Waals surface area contributed by atoms with Crippen LogP contribution >= 0.6 is 0 Å². The molecule has 41 heavy (non-hydrogen) atoms. The van der Waals surface area contributed by atoms with Gasteiger partial charge in [0.05, 0.1) is 35.7 Å². The first-order valence-corrected chi connectivity index (χ1v) is 14.6. The van der Waals surface area contributed by atoms with Crippen molar-refractivity contribution in [1.29, 1.82) is 0 Å². The molecule has 0 saturated carbocycles. The highest BCUT2D eigenvalue weighted by molar-refractivity contribution is 5.80. The monoisotopic (exact) mass is 558 g/mol. The molecule has 1 aromatic carbocycles. The lowest BCUT2D eigenvalue weighted by atomic mass is 9.92. The standard InChI is InChI=1S/C33H42N4O4/c1-7-39-31(38)29(41-32(3,4)5)28-23(2)34-27-22-26-16-10-14-24-12-8-9-13-25(24)15-11-21-40-33(6)17-19-36(20-18-33)30(28)37(27)35-26/h8-13,15-16,22,29H,7,14,17-21H2,1-6H3/b15-11+,16-10?/t29-/m0/s1. The van der Waals surface area contributed by atoms with Crippen molar-refractivity contribution in [2.24, 2.45) is 0 Å². The minimum atomic E-state index is -0.939. The maximum absolute atomic E-state index is 13.4. The van der Waals surface area contributed by atoms with E-state index in [-0.39, 0.29) is 12.2 Å². The minimum absolute atomic E-state index is 0.255. The van der Waals surface area contributed by atoms with Crippen molar-refractivity contribution in [3.8, 4) is 0 Å². The molecule has 3 aromatic rings. The number of hydrogen-bond donors (Lipinski definition) is 0. The van der Waals surface area contributed by atoms with E-state index < -0.39 is 17.7 Å². The van der Waals surface area contributed by atoms with Gasteiger partial charge in [-0.3, -0.25) is 0 Å². The molecule has 0 unspecified atom stereocenters. The van der Waals surface area contributed by atoms with Gasteiger partial charge in [-0.1, -0.05) is 42.5 Å². The zero-order valence-electron chi connectivity index (χ0n) is 25.1. The molecule has 4 bridgehead atoms. The van der Waals surface area contributed by atoms with Crippen molar-refractivity contribution in [3.05, 3.63) is 70.6 Å². The number of rotatable bonds is 4. The fourth-order valence-electron chi connectivity index (χ4n) is 5.57. The number of piperidine rings is 1. The van der Waals surface area contributed by atoms with Crippen LogP contribution in [0.3, 0.4) is 0 Å². The second-order valence-corrected chi connectivity index (χ2v) is 12.1. The van der Waals surface area contributed by atoms with Crippen LogP contribution in [0.2, 0.25) is 0 Å². The summed E-state index contributed by atoms with van der Waals surface area (Å²) in [4.78, 5) is 20.6. The van der Waals surface area contributed by atoms with E-state index in [9.17, 15) is 4.79 Å². The number of hydrogen-bond acceptors (Lipinski definition) is 7. The molecule has 0 amide bonds. The van der Waals surface area contributed by atoms with Crippen LogP contribution in [-0.4, -0.2) is 58.1 Å². The molecule has 8 heteroatoms. The van der Waals surface area contributed by atoms with Crippen LogP contribution in [0.5, 0.6) is 0 Å². The van der Waals surface area contributed by atoms with Crippen molar-refractivity contribution < 1.29 is 19.0 Å². The Morgan fingerprint density at radius 1 is 1.15 bits per heavy atom. The maximum atomic E-state index is 13.4. The Hall–Kier alpha value is -3.49. The number of carbonyl (C=O) groups excluding carboxylic acids is 1. The van der Waals surface area contributed by atoms with Gasteiger partial charge in [-0.2, -0.15) is 9.61 Å². The first-order chi connectivity index (χ1) is 19.6. The summed E-state index contributed by atoms with van der Waals surface area (Å²) in [6.45, 7) is 14.1. The predicted octanol–water partition coefficient (Wildman–Crippen LogP) is 6.12. The Labute approximate surface area is 243 Å². The van der Waals surface area contributed by atoms with E-state index in [1.54, 1.807) is 0 Å². The summed E-state index contributed by atoms with van der Waals surface area (Å²) in [6.07, 6.45) is 9.93. The Morgan fingerprint density at radius 3 is 2.63 bits per heavy atom. The van der Waals surface area contributed by atoms with Gasteiger partial charge in [-0.05, 0) is 78.0 Å². The normalized spacial score (nSPS) is 18.7. The van der Waals surface area contributed by atoms with E-state index in [1.807, 2.05) is 51.3 Å². The van der Waals surface area contributed by atoms with Gasteiger partial charge in [0.2, 0.25) is 0 Å². The number of allylic oxidation sites excluding steroid dienone is 1. The van der Waals surface area contributed by atoms with E-state index in [2.05, 4.69) is 54.3 Å². The highest BCUT2D eigenvalue weighted by atomic mass is 16.6. The molecule has 0 aliphatic carbocycles. The van der Waals surface area contributed by atoms with Crippen LogP contribution in [0.25, 0.3) is 17.8 Å². The molecule has 0 spiro atoms. The summed E-state index contributed by atoms with van der Waals surface area (Å²) in [7, 11) is 0. The quantitative estimate of drug-likeness (QED) is 0.357. The van der Waals surface area contributed by atoms with E-state index in [0.717, 1.165) is 55.2 Å². The van der Waals surface area contributed by atoms with Crippen molar-refractivity contribution in [2.75, 3.05) is 31.2 Å². The highest BCUT2D eigenvalue weighted by Gasteiger charge is 2.38. The first kappa shape index (κ1) is 29.0. The van der Waals surface area contributed by atoms with Gasteiger partial charge < -0.3 is 19.1 Å². The number of anilines is 1. The predicted molar refractivity (Wildman–Crippen MR) is 162 cm³/mol. The van der Waals surface area contributed by atoms with Crippen LogP contribution < -0.4 is 4.90 Å². The van der Waals surface area contributed by atoms with E-state index in [4.69, 9.17) is 24.3 Å². The molecule has 6 rings (SSSR count). The Bertz CT molecular complexity index is 1460. The number of aryl methyl sites for hydroxylation is 1. The number of nitrogens with zero attached hydrogens (tertiary/aromatic N) is 4. The fraction of sp³-hybridized carbons (Fsp3) is 0.485. The van der Waals surface area contributed by atoms with E-state index >= 15 is 0 Å². The molecule has 218 valence electrons. The van der Waals surface area contributed by atoms with Crippen molar-refractivity contribution in [2.45, 2.75) is 78.1 Å². The molecule has 2 aromatic heterocycles. The summed E-state index contributed by atoms with van der Waals surface area (Å²) in [5.41, 5.74) is 4.55. The molecule has 0 radical (unpaired) electrons. The molecule has 1 atom stereocenters. The Balaban J connectivity index is 1.66. The maximum Gasteiger partial charge on any atom is 0.340 e. The van der Waals surface area contributed by atoms with Crippen molar-refractivity contribution in [3.63, 3.8) is 0 Å². The zero-order chi connectivity index (χ0) is 29.2. The number of carbonyl (C=O) groups is 1. The van der Waals surface area contributed by atoms with Crippen molar-refractivity contribution >= 4 is 29.6 Å².